The highest BCUT2D eigenvalue weighted by Gasteiger charge is 2.38. The number of hydrogen-bond acceptors (Lipinski definition) is 4. The van der Waals surface area contributed by atoms with Gasteiger partial charge >= 0.3 is 5.97 Å². The highest BCUT2D eigenvalue weighted by molar-refractivity contribution is 7.09. The highest BCUT2D eigenvalue weighted by atomic mass is 32.1. The van der Waals surface area contributed by atoms with Crippen LogP contribution in [0.15, 0.2) is 5.38 Å². The van der Waals surface area contributed by atoms with E-state index < -0.39 is 23.2 Å². The first-order valence-corrected chi connectivity index (χ1v) is 6.96. The van der Waals surface area contributed by atoms with E-state index >= 15 is 0 Å². The van der Waals surface area contributed by atoms with Crippen LogP contribution in [0.4, 0.5) is 0 Å². The van der Waals surface area contributed by atoms with E-state index in [4.69, 9.17) is 0 Å². The normalized spacial score (nSPS) is 14.8. The molecule has 0 aliphatic heterocycles. The molecule has 1 aromatic heterocycles. The van der Waals surface area contributed by atoms with Gasteiger partial charge in [-0.25, -0.2) is 4.98 Å². The van der Waals surface area contributed by atoms with Gasteiger partial charge in [-0.3, -0.25) is 9.59 Å². The first-order valence-electron chi connectivity index (χ1n) is 6.08. The van der Waals surface area contributed by atoms with Crippen LogP contribution in [0, 0.1) is 18.3 Å². The highest BCUT2D eigenvalue weighted by Crippen LogP contribution is 2.27. The van der Waals surface area contributed by atoms with Crippen LogP contribution in [0.1, 0.15) is 44.4 Å². The smallest absolute Gasteiger partial charge is 0.316 e. The minimum absolute atomic E-state index is 0.282. The predicted molar refractivity (Wildman–Crippen MR) is 74.0 cm³/mol. The molecule has 0 spiro atoms. The quantitative estimate of drug-likeness (QED) is 0.832. The summed E-state index contributed by atoms with van der Waals surface area (Å²) in [6.07, 6.45) is 0. The van der Waals surface area contributed by atoms with E-state index in [1.165, 1.54) is 11.3 Å². The van der Waals surface area contributed by atoms with Crippen LogP contribution in [-0.4, -0.2) is 22.0 Å². The van der Waals surface area contributed by atoms with Crippen LogP contribution >= 0.6 is 11.3 Å². The first-order chi connectivity index (χ1) is 8.62. The Morgan fingerprint density at radius 1 is 1.42 bits per heavy atom. The zero-order valence-electron chi connectivity index (χ0n) is 11.9. The van der Waals surface area contributed by atoms with Crippen molar-refractivity contribution >= 4 is 23.2 Å². The molecule has 0 aliphatic carbocycles. The summed E-state index contributed by atoms with van der Waals surface area (Å²) in [6.45, 7) is 8.90. The Labute approximate surface area is 117 Å². The number of amides is 1. The Balaban J connectivity index is 2.80. The predicted octanol–water partition coefficient (Wildman–Crippen LogP) is 2.38. The summed E-state index contributed by atoms with van der Waals surface area (Å²) in [4.78, 5) is 27.6. The minimum atomic E-state index is -1.10. The Morgan fingerprint density at radius 2 is 2.00 bits per heavy atom. The number of carboxylic acid groups (broad SMARTS) is 1. The van der Waals surface area contributed by atoms with E-state index in [1.807, 2.05) is 12.3 Å². The lowest BCUT2D eigenvalue weighted by molar-refractivity contribution is -0.151. The van der Waals surface area contributed by atoms with Gasteiger partial charge in [0, 0.05) is 11.1 Å². The molecule has 19 heavy (non-hydrogen) atoms. The summed E-state index contributed by atoms with van der Waals surface area (Å²) in [6, 6.07) is -0.282. The molecule has 0 saturated heterocycles. The lowest BCUT2D eigenvalue weighted by Gasteiger charge is -2.27. The molecule has 1 heterocycles. The van der Waals surface area contributed by atoms with Gasteiger partial charge in [0.25, 0.3) is 0 Å². The van der Waals surface area contributed by atoms with Crippen LogP contribution in [0.3, 0.4) is 0 Å². The van der Waals surface area contributed by atoms with E-state index in [1.54, 1.807) is 27.7 Å². The first kappa shape index (κ1) is 15.6. The van der Waals surface area contributed by atoms with Gasteiger partial charge < -0.3 is 10.4 Å². The van der Waals surface area contributed by atoms with E-state index in [0.29, 0.717) is 0 Å². The number of nitrogens with one attached hydrogen (secondary N) is 1. The Bertz CT molecular complexity index is 476. The third-order valence-corrected chi connectivity index (χ3v) is 3.89. The van der Waals surface area contributed by atoms with Crippen molar-refractivity contribution in [3.8, 4) is 0 Å². The zero-order valence-corrected chi connectivity index (χ0v) is 12.7. The fourth-order valence-electron chi connectivity index (χ4n) is 1.81. The van der Waals surface area contributed by atoms with Crippen LogP contribution in [0.2, 0.25) is 0 Å². The number of carbonyl (C=O) groups is 2. The van der Waals surface area contributed by atoms with Crippen LogP contribution < -0.4 is 5.32 Å². The van der Waals surface area contributed by atoms with Crippen molar-refractivity contribution in [2.24, 2.45) is 11.3 Å². The third-order valence-electron chi connectivity index (χ3n) is 2.74. The van der Waals surface area contributed by atoms with Crippen LogP contribution in [0.25, 0.3) is 0 Å². The summed E-state index contributed by atoms with van der Waals surface area (Å²) < 4.78 is 0. The maximum absolute atomic E-state index is 12.1. The average Bonchev–Trinajstić information content (AvgIpc) is 2.61. The second kappa shape index (κ2) is 5.69. The number of aromatic nitrogens is 1. The van der Waals surface area contributed by atoms with Gasteiger partial charge in [-0.05, 0) is 19.3 Å². The van der Waals surface area contributed by atoms with Gasteiger partial charge in [0.1, 0.15) is 10.9 Å². The summed E-state index contributed by atoms with van der Waals surface area (Å²) in [5.41, 5.74) is 0.265. The van der Waals surface area contributed by atoms with E-state index in [-0.39, 0.29) is 6.04 Å². The second-order valence-electron chi connectivity index (χ2n) is 5.69. The van der Waals surface area contributed by atoms with Gasteiger partial charge in [-0.2, -0.15) is 0 Å². The third kappa shape index (κ3) is 4.02. The molecule has 2 atom stereocenters. The average molecular weight is 284 g/mol. The Hall–Kier alpha value is -1.43. The molecule has 2 unspecified atom stereocenters. The van der Waals surface area contributed by atoms with Gasteiger partial charge in [0.2, 0.25) is 5.91 Å². The van der Waals surface area contributed by atoms with Crippen molar-refractivity contribution in [2.45, 2.75) is 40.7 Å². The standard InChI is InChI=1S/C13H20N2O3S/c1-7-6-19-11(14-7)8(2)15-10(16)9(12(17)18)13(3,4)5/h6,8-9H,1-5H3,(H,15,16)(H,17,18). The molecule has 6 heteroatoms. The van der Waals surface area contributed by atoms with Gasteiger partial charge in [0.15, 0.2) is 0 Å². The number of rotatable bonds is 4. The maximum Gasteiger partial charge on any atom is 0.316 e. The summed E-state index contributed by atoms with van der Waals surface area (Å²) in [5.74, 6) is -2.65. The van der Waals surface area contributed by atoms with Crippen LogP contribution in [0.5, 0.6) is 0 Å². The van der Waals surface area contributed by atoms with Crippen molar-refractivity contribution < 1.29 is 14.7 Å². The fraction of sp³-hybridized carbons (Fsp3) is 0.615. The van der Waals surface area contributed by atoms with Gasteiger partial charge in [-0.15, -0.1) is 11.3 Å². The minimum Gasteiger partial charge on any atom is -0.481 e. The molecular formula is C13H20N2O3S. The molecule has 0 saturated carbocycles. The maximum atomic E-state index is 12.1. The number of carbonyl (C=O) groups excluding carboxylic acids is 1. The SMILES string of the molecule is Cc1csc(C(C)NC(=O)C(C(=O)O)C(C)(C)C)n1. The number of carboxylic acids is 1. The Morgan fingerprint density at radius 3 is 2.37 bits per heavy atom. The molecule has 5 nitrogen and oxygen atoms in total. The van der Waals surface area contributed by atoms with E-state index in [9.17, 15) is 14.7 Å². The van der Waals surface area contributed by atoms with Gasteiger partial charge in [0.05, 0.1) is 6.04 Å². The molecule has 0 radical (unpaired) electrons. The number of nitrogens with zero attached hydrogens (tertiary/aromatic N) is 1. The summed E-state index contributed by atoms with van der Waals surface area (Å²) in [5, 5.41) is 14.6. The molecule has 1 amide bonds. The van der Waals surface area contributed by atoms with Crippen molar-refractivity contribution in [3.05, 3.63) is 16.1 Å². The van der Waals surface area contributed by atoms with Gasteiger partial charge in [-0.1, -0.05) is 20.8 Å². The molecule has 0 aliphatic rings. The molecular weight excluding hydrogens is 264 g/mol. The van der Waals surface area contributed by atoms with Crippen molar-refractivity contribution in [2.75, 3.05) is 0 Å². The van der Waals surface area contributed by atoms with Crippen molar-refractivity contribution in [3.63, 3.8) is 0 Å². The topological polar surface area (TPSA) is 79.3 Å². The lowest BCUT2D eigenvalue weighted by Crippen LogP contribution is -2.43. The molecule has 1 aromatic rings. The molecule has 1 rings (SSSR count). The molecule has 0 aromatic carbocycles. The number of aryl methyl sites for hydroxylation is 1. The number of aliphatic carboxylic acids is 1. The number of hydrogen-bond donors (Lipinski definition) is 2. The largest absolute Gasteiger partial charge is 0.481 e. The van der Waals surface area contributed by atoms with E-state index in [0.717, 1.165) is 10.7 Å². The fourth-order valence-corrected chi connectivity index (χ4v) is 2.61. The lowest BCUT2D eigenvalue weighted by atomic mass is 9.80. The van der Waals surface area contributed by atoms with E-state index in [2.05, 4.69) is 10.3 Å². The van der Waals surface area contributed by atoms with Crippen molar-refractivity contribution in [1.29, 1.82) is 0 Å². The summed E-state index contributed by atoms with van der Waals surface area (Å²) >= 11 is 1.45. The number of thiazole rings is 1. The zero-order chi connectivity index (χ0) is 14.8. The molecule has 106 valence electrons. The molecule has 0 fully saturated rings. The van der Waals surface area contributed by atoms with Crippen LogP contribution in [-0.2, 0) is 9.59 Å². The monoisotopic (exact) mass is 284 g/mol. The van der Waals surface area contributed by atoms with Crippen molar-refractivity contribution in [1.82, 2.24) is 10.3 Å². The summed E-state index contributed by atoms with van der Waals surface area (Å²) in [7, 11) is 0. The second-order valence-corrected chi connectivity index (χ2v) is 6.58. The molecule has 0 bridgehead atoms. The Kier molecular flexibility index (Phi) is 4.68. The molecule has 2 N–H and O–H groups in total.